The molecule has 0 heterocycles. The minimum absolute atomic E-state index is 0.121. The predicted molar refractivity (Wildman–Crippen MR) is 40.2 cm³/mol. The Kier molecular flexibility index (Phi) is 1.62. The fraction of sp³-hybridized carbons (Fsp3) is 0.750. The van der Waals surface area contributed by atoms with Gasteiger partial charge in [0.1, 0.15) is 0 Å². The Morgan fingerprint density at radius 2 is 2.22 bits per heavy atom. The van der Waals surface area contributed by atoms with Gasteiger partial charge in [-0.05, 0) is 26.2 Å². The van der Waals surface area contributed by atoms with E-state index in [0.717, 1.165) is 6.42 Å². The number of hydrogen-bond acceptors (Lipinski definition) is 1. The first-order valence-corrected chi connectivity index (χ1v) is 3.65. The van der Waals surface area contributed by atoms with Crippen molar-refractivity contribution in [1.82, 2.24) is 0 Å². The van der Waals surface area contributed by atoms with Crippen LogP contribution in [0.1, 0.15) is 33.1 Å². The van der Waals surface area contributed by atoms with Gasteiger partial charge in [0.05, 0.1) is 0 Å². The van der Waals surface area contributed by atoms with Gasteiger partial charge in [0.25, 0.3) is 0 Å². The third-order valence-electron chi connectivity index (χ3n) is 2.08. The molecule has 0 amide bonds. The maximum Gasteiger partial charge on any atom is 0.0367 e. The Balaban J connectivity index is 2.51. The fourth-order valence-electron chi connectivity index (χ4n) is 1.04. The predicted octanol–water partition coefficient (Wildman–Crippen LogP) is 1.83. The van der Waals surface area contributed by atoms with Crippen LogP contribution in [0.4, 0.5) is 0 Å². The topological polar surface area (TPSA) is 26.0 Å². The van der Waals surface area contributed by atoms with Crippen molar-refractivity contribution in [3.63, 3.8) is 0 Å². The zero-order chi connectivity index (χ0) is 6.91. The van der Waals surface area contributed by atoms with E-state index in [4.69, 9.17) is 5.73 Å². The van der Waals surface area contributed by atoms with E-state index in [1.165, 1.54) is 18.4 Å². The Morgan fingerprint density at radius 1 is 1.67 bits per heavy atom. The molecule has 52 valence electrons. The van der Waals surface area contributed by atoms with Gasteiger partial charge >= 0.3 is 0 Å². The van der Waals surface area contributed by atoms with E-state index in [1.807, 2.05) is 0 Å². The SMILES string of the molecule is CCC=C(C)C1(N)CC1. The van der Waals surface area contributed by atoms with Crippen LogP contribution in [0.15, 0.2) is 11.6 Å². The second-order valence-corrected chi connectivity index (χ2v) is 2.95. The average molecular weight is 125 g/mol. The van der Waals surface area contributed by atoms with Gasteiger partial charge in [-0.15, -0.1) is 0 Å². The summed E-state index contributed by atoms with van der Waals surface area (Å²) in [5, 5.41) is 0. The van der Waals surface area contributed by atoms with E-state index in [-0.39, 0.29) is 5.54 Å². The highest BCUT2D eigenvalue weighted by molar-refractivity contribution is 5.24. The second kappa shape index (κ2) is 2.14. The standard InChI is InChI=1S/C8H15N/c1-3-4-7(2)8(9)5-6-8/h4H,3,5-6,9H2,1-2H3. The molecule has 0 saturated heterocycles. The van der Waals surface area contributed by atoms with E-state index in [2.05, 4.69) is 19.9 Å². The van der Waals surface area contributed by atoms with Gasteiger partial charge in [0.15, 0.2) is 0 Å². The number of rotatable bonds is 2. The summed E-state index contributed by atoms with van der Waals surface area (Å²) in [6.07, 6.45) is 5.72. The zero-order valence-corrected chi connectivity index (χ0v) is 6.28. The summed E-state index contributed by atoms with van der Waals surface area (Å²) in [4.78, 5) is 0. The van der Waals surface area contributed by atoms with Crippen LogP contribution in [0.2, 0.25) is 0 Å². The van der Waals surface area contributed by atoms with Crippen molar-refractivity contribution < 1.29 is 0 Å². The fourth-order valence-corrected chi connectivity index (χ4v) is 1.04. The molecular formula is C8H15N. The van der Waals surface area contributed by atoms with Gasteiger partial charge in [-0.25, -0.2) is 0 Å². The molecule has 1 heteroatoms. The summed E-state index contributed by atoms with van der Waals surface area (Å²) in [7, 11) is 0. The summed E-state index contributed by atoms with van der Waals surface area (Å²) in [6.45, 7) is 4.28. The summed E-state index contributed by atoms with van der Waals surface area (Å²) >= 11 is 0. The molecule has 1 saturated carbocycles. The van der Waals surface area contributed by atoms with Gasteiger partial charge in [0.2, 0.25) is 0 Å². The summed E-state index contributed by atoms with van der Waals surface area (Å²) in [5.74, 6) is 0. The Hall–Kier alpha value is -0.300. The van der Waals surface area contributed by atoms with Crippen LogP contribution in [0.25, 0.3) is 0 Å². The first kappa shape index (κ1) is 6.81. The molecule has 0 aliphatic heterocycles. The molecule has 1 rings (SSSR count). The molecule has 2 N–H and O–H groups in total. The highest BCUT2D eigenvalue weighted by atomic mass is 14.8. The number of allylic oxidation sites excluding steroid dienone is 1. The van der Waals surface area contributed by atoms with Crippen molar-refractivity contribution in [2.24, 2.45) is 5.73 Å². The molecule has 0 atom stereocenters. The van der Waals surface area contributed by atoms with Crippen molar-refractivity contribution in [2.75, 3.05) is 0 Å². The molecule has 0 spiro atoms. The minimum atomic E-state index is 0.121. The first-order valence-electron chi connectivity index (χ1n) is 3.65. The lowest BCUT2D eigenvalue weighted by Gasteiger charge is -2.07. The average Bonchev–Trinajstić information content (AvgIpc) is 2.50. The monoisotopic (exact) mass is 125 g/mol. The van der Waals surface area contributed by atoms with Crippen LogP contribution in [-0.2, 0) is 0 Å². The highest BCUT2D eigenvalue weighted by Crippen LogP contribution is 2.38. The van der Waals surface area contributed by atoms with E-state index in [1.54, 1.807) is 0 Å². The Labute approximate surface area is 56.9 Å². The zero-order valence-electron chi connectivity index (χ0n) is 6.28. The molecule has 1 nitrogen and oxygen atoms in total. The third-order valence-corrected chi connectivity index (χ3v) is 2.08. The molecule has 0 unspecified atom stereocenters. The molecule has 0 aromatic carbocycles. The number of nitrogens with two attached hydrogens (primary N) is 1. The smallest absolute Gasteiger partial charge is 0.0367 e. The molecular weight excluding hydrogens is 110 g/mol. The van der Waals surface area contributed by atoms with Gasteiger partial charge in [0, 0.05) is 5.54 Å². The first-order chi connectivity index (χ1) is 4.19. The molecule has 0 aromatic rings. The molecule has 0 radical (unpaired) electrons. The van der Waals surface area contributed by atoms with Crippen LogP contribution in [-0.4, -0.2) is 5.54 Å². The van der Waals surface area contributed by atoms with Crippen LogP contribution < -0.4 is 5.73 Å². The lowest BCUT2D eigenvalue weighted by molar-refractivity contribution is 0.786. The van der Waals surface area contributed by atoms with Gasteiger partial charge in [-0.1, -0.05) is 18.6 Å². The van der Waals surface area contributed by atoms with E-state index < -0.39 is 0 Å². The van der Waals surface area contributed by atoms with Crippen LogP contribution in [0.5, 0.6) is 0 Å². The molecule has 9 heavy (non-hydrogen) atoms. The van der Waals surface area contributed by atoms with Crippen LogP contribution in [0, 0.1) is 0 Å². The van der Waals surface area contributed by atoms with Crippen molar-refractivity contribution in [2.45, 2.75) is 38.6 Å². The molecule has 1 aliphatic carbocycles. The molecule has 0 aromatic heterocycles. The Bertz CT molecular complexity index is 132. The van der Waals surface area contributed by atoms with Gasteiger partial charge in [-0.3, -0.25) is 0 Å². The lowest BCUT2D eigenvalue weighted by Crippen LogP contribution is -2.22. The maximum absolute atomic E-state index is 5.91. The summed E-state index contributed by atoms with van der Waals surface area (Å²) in [6, 6.07) is 0. The quantitative estimate of drug-likeness (QED) is 0.560. The highest BCUT2D eigenvalue weighted by Gasteiger charge is 2.39. The molecule has 1 aliphatic rings. The van der Waals surface area contributed by atoms with Crippen molar-refractivity contribution in [3.05, 3.63) is 11.6 Å². The lowest BCUT2D eigenvalue weighted by atomic mass is 10.1. The van der Waals surface area contributed by atoms with E-state index in [0.29, 0.717) is 0 Å². The summed E-state index contributed by atoms with van der Waals surface area (Å²) in [5.41, 5.74) is 7.41. The third kappa shape index (κ3) is 1.33. The summed E-state index contributed by atoms with van der Waals surface area (Å²) < 4.78 is 0. The van der Waals surface area contributed by atoms with Crippen LogP contribution >= 0.6 is 0 Å². The largest absolute Gasteiger partial charge is 0.322 e. The Morgan fingerprint density at radius 3 is 2.56 bits per heavy atom. The van der Waals surface area contributed by atoms with Gasteiger partial charge in [-0.2, -0.15) is 0 Å². The normalized spacial score (nSPS) is 24.1. The molecule has 0 bridgehead atoms. The van der Waals surface area contributed by atoms with Crippen molar-refractivity contribution in [1.29, 1.82) is 0 Å². The van der Waals surface area contributed by atoms with E-state index >= 15 is 0 Å². The van der Waals surface area contributed by atoms with Crippen LogP contribution in [0.3, 0.4) is 0 Å². The maximum atomic E-state index is 5.91. The number of hydrogen-bond donors (Lipinski definition) is 1. The van der Waals surface area contributed by atoms with Crippen molar-refractivity contribution in [3.8, 4) is 0 Å². The molecule has 1 fully saturated rings. The minimum Gasteiger partial charge on any atom is -0.322 e. The van der Waals surface area contributed by atoms with E-state index in [9.17, 15) is 0 Å². The van der Waals surface area contributed by atoms with Crippen molar-refractivity contribution >= 4 is 0 Å². The second-order valence-electron chi connectivity index (χ2n) is 2.95. The van der Waals surface area contributed by atoms with Gasteiger partial charge < -0.3 is 5.73 Å².